The van der Waals surface area contributed by atoms with Crippen LogP contribution in [0, 0.1) is 0 Å². The van der Waals surface area contributed by atoms with Gasteiger partial charge in [0.25, 0.3) is 0 Å². The molecule has 34 heavy (non-hydrogen) atoms. The molecule has 0 N–H and O–H groups in total. The summed E-state index contributed by atoms with van der Waals surface area (Å²) >= 11 is 0. The Morgan fingerprint density at radius 3 is 2.15 bits per heavy atom. The highest BCUT2D eigenvalue weighted by molar-refractivity contribution is 5.92. The van der Waals surface area contributed by atoms with Crippen LogP contribution in [0.5, 0.6) is 17.2 Å². The number of carbonyl (C=O) groups is 2. The van der Waals surface area contributed by atoms with Gasteiger partial charge in [0, 0.05) is 18.7 Å². The fourth-order valence-corrected chi connectivity index (χ4v) is 2.77. The van der Waals surface area contributed by atoms with Crippen LogP contribution < -0.4 is 14.2 Å². The SMILES string of the molecule is C=CC(=O)OCCCOc1ccc(OC(=O)c2ccc(C=Nc3ccc(OC)cc3)cc2)cc1. The van der Waals surface area contributed by atoms with Gasteiger partial charge in [0.15, 0.2) is 0 Å². The first-order chi connectivity index (χ1) is 16.6. The summed E-state index contributed by atoms with van der Waals surface area (Å²) in [5.41, 5.74) is 2.08. The second kappa shape index (κ2) is 12.6. The molecule has 3 aromatic carbocycles. The Balaban J connectivity index is 1.46. The molecular weight excluding hydrogens is 434 g/mol. The largest absolute Gasteiger partial charge is 0.497 e. The number of rotatable bonds is 11. The fraction of sp³-hybridized carbons (Fsp3) is 0.148. The lowest BCUT2D eigenvalue weighted by Gasteiger charge is -2.08. The number of aliphatic imine (C=N–C) groups is 1. The molecule has 0 aromatic heterocycles. The van der Waals surface area contributed by atoms with E-state index in [4.69, 9.17) is 18.9 Å². The van der Waals surface area contributed by atoms with E-state index in [0.29, 0.717) is 30.1 Å². The Hall–Kier alpha value is -4.39. The van der Waals surface area contributed by atoms with E-state index < -0.39 is 11.9 Å². The molecule has 174 valence electrons. The first kappa shape index (κ1) is 24.3. The van der Waals surface area contributed by atoms with E-state index in [2.05, 4.69) is 11.6 Å². The van der Waals surface area contributed by atoms with Gasteiger partial charge in [0.2, 0.25) is 0 Å². The Morgan fingerprint density at radius 2 is 1.50 bits per heavy atom. The zero-order chi connectivity index (χ0) is 24.2. The van der Waals surface area contributed by atoms with E-state index in [-0.39, 0.29) is 6.61 Å². The van der Waals surface area contributed by atoms with Crippen LogP contribution in [0.4, 0.5) is 5.69 Å². The molecule has 0 unspecified atom stereocenters. The summed E-state index contributed by atoms with van der Waals surface area (Å²) in [5, 5.41) is 0. The molecule has 0 atom stereocenters. The van der Waals surface area contributed by atoms with Crippen LogP contribution in [0.2, 0.25) is 0 Å². The molecule has 0 amide bonds. The quantitative estimate of drug-likeness (QED) is 0.129. The van der Waals surface area contributed by atoms with E-state index in [1.165, 1.54) is 0 Å². The fourth-order valence-electron chi connectivity index (χ4n) is 2.77. The van der Waals surface area contributed by atoms with Gasteiger partial charge in [0.05, 0.1) is 31.6 Å². The zero-order valence-electron chi connectivity index (χ0n) is 18.8. The molecule has 0 aliphatic carbocycles. The number of hydrogen-bond acceptors (Lipinski definition) is 7. The molecule has 7 nitrogen and oxygen atoms in total. The lowest BCUT2D eigenvalue weighted by Crippen LogP contribution is -2.08. The van der Waals surface area contributed by atoms with Crippen LogP contribution in [0.15, 0.2) is 90.4 Å². The van der Waals surface area contributed by atoms with Crippen LogP contribution >= 0.6 is 0 Å². The average molecular weight is 459 g/mol. The third kappa shape index (κ3) is 7.63. The molecule has 3 aromatic rings. The predicted molar refractivity (Wildman–Crippen MR) is 129 cm³/mol. The first-order valence-corrected chi connectivity index (χ1v) is 10.6. The van der Waals surface area contributed by atoms with Crippen molar-refractivity contribution in [3.05, 3.63) is 96.6 Å². The number of hydrogen-bond donors (Lipinski definition) is 0. The molecule has 0 saturated carbocycles. The summed E-state index contributed by atoms with van der Waals surface area (Å²) in [6, 6.07) is 21.1. The summed E-state index contributed by atoms with van der Waals surface area (Å²) < 4.78 is 21.0. The third-order valence-corrected chi connectivity index (χ3v) is 4.58. The van der Waals surface area contributed by atoms with Gasteiger partial charge in [-0.15, -0.1) is 0 Å². The smallest absolute Gasteiger partial charge is 0.343 e. The summed E-state index contributed by atoms with van der Waals surface area (Å²) in [6.45, 7) is 3.97. The molecule has 7 heteroatoms. The molecular formula is C27H25NO6. The van der Waals surface area contributed by atoms with Crippen molar-refractivity contribution in [2.24, 2.45) is 4.99 Å². The lowest BCUT2D eigenvalue weighted by atomic mass is 10.1. The van der Waals surface area contributed by atoms with Crippen LogP contribution in [0.25, 0.3) is 0 Å². The molecule has 3 rings (SSSR count). The highest BCUT2D eigenvalue weighted by atomic mass is 16.5. The molecule has 0 saturated heterocycles. The van der Waals surface area contributed by atoms with Gasteiger partial charge >= 0.3 is 11.9 Å². The highest BCUT2D eigenvalue weighted by Gasteiger charge is 2.08. The summed E-state index contributed by atoms with van der Waals surface area (Å²) in [4.78, 5) is 27.8. The lowest BCUT2D eigenvalue weighted by molar-refractivity contribution is -0.137. The number of methoxy groups -OCH3 is 1. The maximum absolute atomic E-state index is 12.4. The van der Waals surface area contributed by atoms with Crippen molar-refractivity contribution in [3.63, 3.8) is 0 Å². The Bertz CT molecular complexity index is 1120. The van der Waals surface area contributed by atoms with E-state index in [0.717, 1.165) is 23.1 Å². The minimum absolute atomic E-state index is 0.257. The van der Waals surface area contributed by atoms with Gasteiger partial charge in [-0.05, 0) is 66.2 Å². The standard InChI is InChI=1S/C27H25NO6/c1-3-26(29)33-18-4-17-32-24-13-15-25(16-14-24)34-27(30)21-7-5-20(6-8-21)19-28-22-9-11-23(31-2)12-10-22/h3,5-16,19H,1,4,17-18H2,2H3. The van der Waals surface area contributed by atoms with E-state index >= 15 is 0 Å². The molecule has 0 spiro atoms. The monoisotopic (exact) mass is 459 g/mol. The molecule has 0 fully saturated rings. The van der Waals surface area contributed by atoms with Crippen LogP contribution in [-0.4, -0.2) is 38.5 Å². The van der Waals surface area contributed by atoms with Crippen LogP contribution in [-0.2, 0) is 9.53 Å². The third-order valence-electron chi connectivity index (χ3n) is 4.58. The van der Waals surface area contributed by atoms with Crippen molar-refractivity contribution in [1.82, 2.24) is 0 Å². The second-order valence-electron chi connectivity index (χ2n) is 7.01. The highest BCUT2D eigenvalue weighted by Crippen LogP contribution is 2.20. The van der Waals surface area contributed by atoms with Crippen LogP contribution in [0.1, 0.15) is 22.3 Å². The van der Waals surface area contributed by atoms with Crippen molar-refractivity contribution < 1.29 is 28.5 Å². The predicted octanol–water partition coefficient (Wildman–Crippen LogP) is 5.16. The minimum atomic E-state index is -0.462. The van der Waals surface area contributed by atoms with E-state index in [9.17, 15) is 9.59 Å². The zero-order valence-corrected chi connectivity index (χ0v) is 18.8. The van der Waals surface area contributed by atoms with Crippen molar-refractivity contribution >= 4 is 23.8 Å². The number of nitrogens with zero attached hydrogens (tertiary/aromatic N) is 1. The minimum Gasteiger partial charge on any atom is -0.497 e. The molecule has 0 bridgehead atoms. The van der Waals surface area contributed by atoms with Crippen molar-refractivity contribution in [3.8, 4) is 17.2 Å². The van der Waals surface area contributed by atoms with Gasteiger partial charge in [-0.2, -0.15) is 0 Å². The summed E-state index contributed by atoms with van der Waals surface area (Å²) in [7, 11) is 1.62. The maximum atomic E-state index is 12.4. The number of benzene rings is 3. The van der Waals surface area contributed by atoms with E-state index in [1.807, 2.05) is 24.3 Å². The normalized spacial score (nSPS) is 10.5. The van der Waals surface area contributed by atoms with Gasteiger partial charge in [0.1, 0.15) is 17.2 Å². The van der Waals surface area contributed by atoms with Crippen molar-refractivity contribution in [1.29, 1.82) is 0 Å². The van der Waals surface area contributed by atoms with Gasteiger partial charge < -0.3 is 18.9 Å². The molecule has 0 radical (unpaired) electrons. The van der Waals surface area contributed by atoms with Gasteiger partial charge in [-0.1, -0.05) is 18.7 Å². The Morgan fingerprint density at radius 1 is 0.853 bits per heavy atom. The topological polar surface area (TPSA) is 83.4 Å². The van der Waals surface area contributed by atoms with Crippen LogP contribution in [0.3, 0.4) is 0 Å². The molecule has 0 aliphatic heterocycles. The number of esters is 2. The van der Waals surface area contributed by atoms with E-state index in [1.54, 1.807) is 61.9 Å². The molecule has 0 heterocycles. The number of carbonyl (C=O) groups excluding carboxylic acids is 2. The number of ether oxygens (including phenoxy) is 4. The Kier molecular flexibility index (Phi) is 8.99. The van der Waals surface area contributed by atoms with Gasteiger partial charge in [-0.3, -0.25) is 4.99 Å². The summed E-state index contributed by atoms with van der Waals surface area (Å²) in [6.07, 6.45) is 3.39. The summed E-state index contributed by atoms with van der Waals surface area (Å²) in [5.74, 6) is 0.879. The van der Waals surface area contributed by atoms with Gasteiger partial charge in [-0.25, -0.2) is 9.59 Å². The second-order valence-corrected chi connectivity index (χ2v) is 7.01. The van der Waals surface area contributed by atoms with Crippen molar-refractivity contribution in [2.75, 3.05) is 20.3 Å². The Labute approximate surface area is 198 Å². The first-order valence-electron chi connectivity index (χ1n) is 10.6. The average Bonchev–Trinajstić information content (AvgIpc) is 2.88. The van der Waals surface area contributed by atoms with Crippen molar-refractivity contribution in [2.45, 2.75) is 6.42 Å². The molecule has 0 aliphatic rings. The maximum Gasteiger partial charge on any atom is 0.343 e.